The molecule has 3 rings (SSSR count). The lowest BCUT2D eigenvalue weighted by atomic mass is 9.92. The Morgan fingerprint density at radius 3 is 2.39 bits per heavy atom. The van der Waals surface area contributed by atoms with Gasteiger partial charge in [0.05, 0.1) is 0 Å². The summed E-state index contributed by atoms with van der Waals surface area (Å²) >= 11 is 0. The van der Waals surface area contributed by atoms with Crippen molar-refractivity contribution in [2.75, 3.05) is 13.1 Å². The van der Waals surface area contributed by atoms with Crippen molar-refractivity contribution in [3.8, 4) is 5.75 Å². The summed E-state index contributed by atoms with van der Waals surface area (Å²) in [7, 11) is 0. The molecule has 1 saturated heterocycles. The maximum atomic E-state index is 11.9. The van der Waals surface area contributed by atoms with Gasteiger partial charge in [-0.15, -0.1) is 0 Å². The molecule has 23 heavy (non-hydrogen) atoms. The van der Waals surface area contributed by atoms with E-state index < -0.39 is 11.6 Å². The zero-order valence-corrected chi connectivity index (χ0v) is 13.0. The summed E-state index contributed by atoms with van der Waals surface area (Å²) in [6, 6.07) is 19.3. The molecule has 4 heteroatoms. The molecular formula is C19H21NO3. The molecule has 120 valence electrons. The molecule has 1 aliphatic rings. The topological polar surface area (TPSA) is 49.8 Å². The molecule has 0 spiro atoms. The number of aliphatic carboxylic acids is 1. The average molecular weight is 311 g/mol. The van der Waals surface area contributed by atoms with Crippen LogP contribution in [0.5, 0.6) is 5.75 Å². The summed E-state index contributed by atoms with van der Waals surface area (Å²) < 4.78 is 5.93. The number of piperidine rings is 1. The average Bonchev–Trinajstić information content (AvgIpc) is 2.57. The number of nitrogens with zero attached hydrogens (tertiary/aromatic N) is 1. The monoisotopic (exact) mass is 311 g/mol. The fourth-order valence-electron chi connectivity index (χ4n) is 3.10. The quantitative estimate of drug-likeness (QED) is 0.921. The molecule has 1 unspecified atom stereocenters. The molecule has 1 heterocycles. The molecule has 1 N–H and O–H groups in total. The van der Waals surface area contributed by atoms with Gasteiger partial charge in [0.2, 0.25) is 5.60 Å². The van der Waals surface area contributed by atoms with E-state index in [1.54, 1.807) is 12.1 Å². The Kier molecular flexibility index (Phi) is 4.63. The van der Waals surface area contributed by atoms with E-state index in [1.165, 1.54) is 5.56 Å². The van der Waals surface area contributed by atoms with E-state index in [-0.39, 0.29) is 0 Å². The number of para-hydroxylation sites is 1. The van der Waals surface area contributed by atoms with Crippen LogP contribution in [0.3, 0.4) is 0 Å². The van der Waals surface area contributed by atoms with Crippen LogP contribution < -0.4 is 4.74 Å². The first kappa shape index (κ1) is 15.6. The molecule has 0 saturated carbocycles. The molecule has 1 fully saturated rings. The second-order valence-electron chi connectivity index (χ2n) is 6.01. The van der Waals surface area contributed by atoms with Crippen molar-refractivity contribution in [1.29, 1.82) is 0 Å². The fourth-order valence-corrected chi connectivity index (χ4v) is 3.10. The number of benzene rings is 2. The summed E-state index contributed by atoms with van der Waals surface area (Å²) in [5.41, 5.74) is 0.0161. The van der Waals surface area contributed by atoms with Gasteiger partial charge in [-0.3, -0.25) is 4.90 Å². The second-order valence-corrected chi connectivity index (χ2v) is 6.01. The third kappa shape index (κ3) is 3.71. The van der Waals surface area contributed by atoms with E-state index in [0.29, 0.717) is 18.7 Å². The van der Waals surface area contributed by atoms with Gasteiger partial charge in [-0.1, -0.05) is 48.5 Å². The van der Waals surface area contributed by atoms with Gasteiger partial charge in [-0.05, 0) is 30.7 Å². The Morgan fingerprint density at radius 1 is 1.09 bits per heavy atom. The second kappa shape index (κ2) is 6.84. The number of hydrogen-bond donors (Lipinski definition) is 1. The molecule has 2 aromatic rings. The van der Waals surface area contributed by atoms with E-state index >= 15 is 0 Å². The van der Waals surface area contributed by atoms with Crippen molar-refractivity contribution in [2.45, 2.75) is 25.0 Å². The minimum absolute atomic E-state index is 0.395. The third-order valence-corrected chi connectivity index (χ3v) is 4.23. The highest BCUT2D eigenvalue weighted by molar-refractivity contribution is 5.78. The van der Waals surface area contributed by atoms with Gasteiger partial charge in [0, 0.05) is 19.5 Å². The van der Waals surface area contributed by atoms with Crippen molar-refractivity contribution < 1.29 is 14.6 Å². The number of carboxylic acids is 1. The van der Waals surface area contributed by atoms with Gasteiger partial charge in [-0.25, -0.2) is 4.79 Å². The lowest BCUT2D eigenvalue weighted by Gasteiger charge is -2.39. The first-order valence-electron chi connectivity index (χ1n) is 7.92. The van der Waals surface area contributed by atoms with Gasteiger partial charge >= 0.3 is 5.97 Å². The van der Waals surface area contributed by atoms with E-state index in [9.17, 15) is 9.90 Å². The fraction of sp³-hybridized carbons (Fsp3) is 0.316. The summed E-state index contributed by atoms with van der Waals surface area (Å²) in [4.78, 5) is 14.1. The molecule has 0 aromatic heterocycles. The van der Waals surface area contributed by atoms with Gasteiger partial charge in [0.15, 0.2) is 0 Å². The largest absolute Gasteiger partial charge is 0.478 e. The van der Waals surface area contributed by atoms with Crippen LogP contribution in [0.4, 0.5) is 0 Å². The third-order valence-electron chi connectivity index (χ3n) is 4.23. The SMILES string of the molecule is O=C(O)C1(Oc2ccccc2)CCCN(Cc2ccccc2)C1. The number of carboxylic acid groups (broad SMARTS) is 1. The molecule has 0 aliphatic carbocycles. The molecular weight excluding hydrogens is 290 g/mol. The zero-order chi connectivity index (χ0) is 16.1. The highest BCUT2D eigenvalue weighted by Crippen LogP contribution is 2.29. The molecule has 0 amide bonds. The Balaban J connectivity index is 1.76. The summed E-state index contributed by atoms with van der Waals surface area (Å²) in [5.74, 6) is -0.282. The first-order valence-corrected chi connectivity index (χ1v) is 7.92. The lowest BCUT2D eigenvalue weighted by Crippen LogP contribution is -2.56. The van der Waals surface area contributed by atoms with Crippen LogP contribution in [-0.4, -0.2) is 34.7 Å². The number of rotatable bonds is 5. The number of carbonyl (C=O) groups is 1. The maximum Gasteiger partial charge on any atom is 0.349 e. The molecule has 0 radical (unpaired) electrons. The maximum absolute atomic E-state index is 11.9. The van der Waals surface area contributed by atoms with E-state index in [4.69, 9.17) is 4.74 Å². The Bertz CT molecular complexity index is 644. The zero-order valence-electron chi connectivity index (χ0n) is 13.0. The van der Waals surface area contributed by atoms with Crippen molar-refractivity contribution in [3.05, 3.63) is 66.2 Å². The molecule has 1 aliphatic heterocycles. The predicted octanol–water partition coefficient (Wildman–Crippen LogP) is 3.18. The van der Waals surface area contributed by atoms with Crippen LogP contribution in [0.1, 0.15) is 18.4 Å². The minimum atomic E-state index is -1.17. The van der Waals surface area contributed by atoms with Crippen LogP contribution in [0, 0.1) is 0 Å². The number of likely N-dealkylation sites (tertiary alicyclic amines) is 1. The number of hydrogen-bond acceptors (Lipinski definition) is 3. The Hall–Kier alpha value is -2.33. The van der Waals surface area contributed by atoms with E-state index in [1.807, 2.05) is 36.4 Å². The summed E-state index contributed by atoms with van der Waals surface area (Å²) in [5, 5.41) is 9.78. The normalized spacial score (nSPS) is 21.7. The van der Waals surface area contributed by atoms with Gasteiger partial charge in [-0.2, -0.15) is 0 Å². The van der Waals surface area contributed by atoms with Crippen LogP contribution in [0.15, 0.2) is 60.7 Å². The van der Waals surface area contributed by atoms with Crippen molar-refractivity contribution in [3.63, 3.8) is 0 Å². The molecule has 2 aromatic carbocycles. The van der Waals surface area contributed by atoms with Gasteiger partial charge < -0.3 is 9.84 Å². The first-order chi connectivity index (χ1) is 11.2. The van der Waals surface area contributed by atoms with E-state index in [2.05, 4.69) is 17.0 Å². The van der Waals surface area contributed by atoms with Crippen LogP contribution in [0.2, 0.25) is 0 Å². The van der Waals surface area contributed by atoms with Crippen molar-refractivity contribution in [1.82, 2.24) is 4.90 Å². The number of ether oxygens (including phenoxy) is 1. The molecule has 4 nitrogen and oxygen atoms in total. The highest BCUT2D eigenvalue weighted by atomic mass is 16.5. The smallest absolute Gasteiger partial charge is 0.349 e. The Morgan fingerprint density at radius 2 is 1.74 bits per heavy atom. The summed E-state index contributed by atoms with van der Waals surface area (Å²) in [6.45, 7) is 2.03. The molecule has 0 bridgehead atoms. The standard InChI is InChI=1S/C19H21NO3/c21-18(22)19(23-17-10-5-2-6-11-17)12-7-13-20(15-19)14-16-8-3-1-4-9-16/h1-6,8-11H,7,12-15H2,(H,21,22). The van der Waals surface area contributed by atoms with Crippen molar-refractivity contribution in [2.24, 2.45) is 0 Å². The minimum Gasteiger partial charge on any atom is -0.478 e. The van der Waals surface area contributed by atoms with Gasteiger partial charge in [0.1, 0.15) is 5.75 Å². The Labute approximate surface area is 136 Å². The summed E-state index contributed by atoms with van der Waals surface area (Å²) in [6.07, 6.45) is 1.34. The van der Waals surface area contributed by atoms with Gasteiger partial charge in [0.25, 0.3) is 0 Å². The predicted molar refractivity (Wildman–Crippen MR) is 88.4 cm³/mol. The molecule has 1 atom stereocenters. The highest BCUT2D eigenvalue weighted by Gasteiger charge is 2.44. The lowest BCUT2D eigenvalue weighted by molar-refractivity contribution is -0.160. The van der Waals surface area contributed by atoms with Crippen molar-refractivity contribution >= 4 is 5.97 Å². The van der Waals surface area contributed by atoms with Crippen LogP contribution in [-0.2, 0) is 11.3 Å². The van der Waals surface area contributed by atoms with E-state index in [0.717, 1.165) is 19.5 Å². The van der Waals surface area contributed by atoms with Crippen LogP contribution in [0.25, 0.3) is 0 Å². The van der Waals surface area contributed by atoms with Crippen LogP contribution >= 0.6 is 0 Å².